The molecule has 1 aliphatic heterocycles. The summed E-state index contributed by atoms with van der Waals surface area (Å²) < 4.78 is 11.8. The van der Waals surface area contributed by atoms with Crippen LogP contribution in [0.4, 0.5) is 11.6 Å². The highest BCUT2D eigenvalue weighted by molar-refractivity contribution is 5.76. The first-order chi connectivity index (χ1) is 14.8. The minimum atomic E-state index is 0.257. The zero-order chi connectivity index (χ0) is 20.8. The molecule has 0 bridgehead atoms. The lowest BCUT2D eigenvalue weighted by Crippen LogP contribution is -2.33. The monoisotopic (exact) mass is 405 g/mol. The fourth-order valence-corrected chi connectivity index (χ4v) is 3.44. The van der Waals surface area contributed by atoms with E-state index in [9.17, 15) is 0 Å². The first-order valence-corrected chi connectivity index (χ1v) is 9.82. The van der Waals surface area contributed by atoms with Crippen LogP contribution < -0.4 is 20.1 Å². The average molecular weight is 405 g/mol. The number of benzene rings is 1. The maximum atomic E-state index is 8.83. The van der Waals surface area contributed by atoms with Gasteiger partial charge in [-0.3, -0.25) is 5.10 Å². The minimum Gasteiger partial charge on any atom is -0.496 e. The van der Waals surface area contributed by atoms with Crippen molar-refractivity contribution in [3.05, 3.63) is 42.4 Å². The summed E-state index contributed by atoms with van der Waals surface area (Å²) in [5.74, 6) is 2.99. The third-order valence-electron chi connectivity index (χ3n) is 4.95. The Labute approximate surface area is 174 Å². The minimum absolute atomic E-state index is 0.257. The number of H-pyrrole nitrogens is 1. The second-order valence-corrected chi connectivity index (χ2v) is 7.05. The van der Waals surface area contributed by atoms with Crippen molar-refractivity contribution in [1.29, 1.82) is 5.26 Å². The average Bonchev–Trinajstić information content (AvgIpc) is 3.26. The third-order valence-corrected chi connectivity index (χ3v) is 4.95. The molecule has 3 heterocycles. The van der Waals surface area contributed by atoms with Crippen LogP contribution in [0.25, 0.3) is 11.3 Å². The van der Waals surface area contributed by atoms with E-state index in [1.54, 1.807) is 7.11 Å². The molecule has 0 radical (unpaired) electrons. The number of rotatable bonds is 7. The number of piperidine rings is 1. The van der Waals surface area contributed by atoms with Gasteiger partial charge in [-0.25, -0.2) is 9.97 Å². The topological polar surface area (TPSA) is 121 Å². The van der Waals surface area contributed by atoms with Gasteiger partial charge in [-0.2, -0.15) is 10.4 Å². The largest absolute Gasteiger partial charge is 0.496 e. The molecule has 9 heteroatoms. The van der Waals surface area contributed by atoms with E-state index in [0.29, 0.717) is 29.9 Å². The molecular formula is C21H23N7O2. The van der Waals surface area contributed by atoms with Gasteiger partial charge in [-0.05, 0) is 31.5 Å². The molecule has 0 saturated carbocycles. The zero-order valence-electron chi connectivity index (χ0n) is 16.7. The fourth-order valence-electron chi connectivity index (χ4n) is 3.44. The first kappa shape index (κ1) is 19.7. The quantitative estimate of drug-likeness (QED) is 0.549. The van der Waals surface area contributed by atoms with Gasteiger partial charge < -0.3 is 20.1 Å². The van der Waals surface area contributed by atoms with Crippen molar-refractivity contribution in [3.63, 3.8) is 0 Å². The molecule has 0 aliphatic carbocycles. The summed E-state index contributed by atoms with van der Waals surface area (Å²) in [7, 11) is 1.63. The summed E-state index contributed by atoms with van der Waals surface area (Å²) in [6.45, 7) is 2.70. The molecule has 0 amide bonds. The molecule has 1 atom stereocenters. The zero-order valence-corrected chi connectivity index (χ0v) is 16.7. The van der Waals surface area contributed by atoms with Crippen molar-refractivity contribution in [1.82, 2.24) is 25.5 Å². The van der Waals surface area contributed by atoms with E-state index in [1.165, 1.54) is 18.8 Å². The van der Waals surface area contributed by atoms with Gasteiger partial charge in [0.2, 0.25) is 0 Å². The van der Waals surface area contributed by atoms with Gasteiger partial charge in [0, 0.05) is 18.5 Å². The number of methoxy groups -OCH3 is 1. The molecule has 1 fully saturated rings. The van der Waals surface area contributed by atoms with E-state index >= 15 is 0 Å². The molecular weight excluding hydrogens is 382 g/mol. The summed E-state index contributed by atoms with van der Waals surface area (Å²) in [5.41, 5.74) is 1.83. The van der Waals surface area contributed by atoms with Gasteiger partial charge in [0.15, 0.2) is 11.5 Å². The Balaban J connectivity index is 1.54. The molecule has 0 unspecified atom stereocenters. The summed E-state index contributed by atoms with van der Waals surface area (Å²) in [6.07, 6.45) is 5.23. The lowest BCUT2D eigenvalue weighted by molar-refractivity contribution is 0.218. The van der Waals surface area contributed by atoms with Gasteiger partial charge in [-0.15, -0.1) is 0 Å². The summed E-state index contributed by atoms with van der Waals surface area (Å²) in [5, 5.41) is 22.7. The number of nitriles is 1. The van der Waals surface area contributed by atoms with Crippen LogP contribution in [0.5, 0.6) is 11.5 Å². The molecule has 3 N–H and O–H groups in total. The Morgan fingerprint density at radius 2 is 2.13 bits per heavy atom. The summed E-state index contributed by atoms with van der Waals surface area (Å²) >= 11 is 0. The summed E-state index contributed by atoms with van der Waals surface area (Å²) in [4.78, 5) is 8.15. The number of aromatic nitrogens is 4. The van der Waals surface area contributed by atoms with E-state index < -0.39 is 0 Å². The van der Waals surface area contributed by atoms with E-state index in [0.717, 1.165) is 36.5 Å². The number of nitrogens with zero attached hydrogens (tertiary/aromatic N) is 4. The van der Waals surface area contributed by atoms with Gasteiger partial charge in [0.1, 0.15) is 23.4 Å². The number of ether oxygens (including phenoxy) is 2. The van der Waals surface area contributed by atoms with Crippen LogP contribution in [-0.4, -0.2) is 47.0 Å². The molecule has 30 heavy (non-hydrogen) atoms. The predicted octanol–water partition coefficient (Wildman–Crippen LogP) is 2.87. The van der Waals surface area contributed by atoms with Crippen LogP contribution in [0, 0.1) is 17.2 Å². The number of anilines is 2. The Kier molecular flexibility index (Phi) is 6.06. The van der Waals surface area contributed by atoms with Crippen molar-refractivity contribution in [2.24, 2.45) is 5.92 Å². The van der Waals surface area contributed by atoms with E-state index in [2.05, 4.69) is 30.8 Å². The fraction of sp³-hybridized carbons (Fsp3) is 0.333. The highest BCUT2D eigenvalue weighted by atomic mass is 16.5. The lowest BCUT2D eigenvalue weighted by Gasteiger charge is -2.23. The highest BCUT2D eigenvalue weighted by Crippen LogP contribution is 2.38. The molecule has 154 valence electrons. The Morgan fingerprint density at radius 3 is 2.87 bits per heavy atom. The Hall–Kier alpha value is -3.64. The van der Waals surface area contributed by atoms with E-state index in [1.807, 2.05) is 30.3 Å². The molecule has 9 nitrogen and oxygen atoms in total. The first-order valence-electron chi connectivity index (χ1n) is 9.82. The van der Waals surface area contributed by atoms with Crippen molar-refractivity contribution in [3.8, 4) is 28.8 Å². The second kappa shape index (κ2) is 9.24. The number of hydrogen-bond acceptors (Lipinski definition) is 8. The van der Waals surface area contributed by atoms with Crippen LogP contribution in [-0.2, 0) is 0 Å². The third kappa shape index (κ3) is 4.50. The van der Waals surface area contributed by atoms with Crippen LogP contribution in [0.1, 0.15) is 18.5 Å². The van der Waals surface area contributed by atoms with Crippen LogP contribution in [0.2, 0.25) is 0 Å². The number of hydrogen-bond donors (Lipinski definition) is 3. The molecule has 1 aliphatic rings. The van der Waals surface area contributed by atoms with Gasteiger partial charge in [0.25, 0.3) is 0 Å². The highest BCUT2D eigenvalue weighted by Gasteiger charge is 2.18. The SMILES string of the molecule is COc1cccc(OC[C@H]2CCCNC2)c1-c1cc(Nc2cnc(C#N)cn2)n[nH]1. The number of nitrogens with one attached hydrogen (secondary N) is 3. The number of aromatic amines is 1. The predicted molar refractivity (Wildman–Crippen MR) is 112 cm³/mol. The molecule has 4 rings (SSSR count). The van der Waals surface area contributed by atoms with Crippen molar-refractivity contribution in [2.75, 3.05) is 32.1 Å². The van der Waals surface area contributed by atoms with Crippen molar-refractivity contribution < 1.29 is 9.47 Å². The smallest absolute Gasteiger partial charge is 0.158 e. The van der Waals surface area contributed by atoms with Crippen molar-refractivity contribution in [2.45, 2.75) is 12.8 Å². The van der Waals surface area contributed by atoms with Gasteiger partial charge in [-0.1, -0.05) is 6.07 Å². The maximum Gasteiger partial charge on any atom is 0.158 e. The normalized spacial score (nSPS) is 15.9. The second-order valence-electron chi connectivity index (χ2n) is 7.05. The van der Waals surface area contributed by atoms with Gasteiger partial charge >= 0.3 is 0 Å². The van der Waals surface area contributed by atoms with E-state index in [-0.39, 0.29) is 5.69 Å². The van der Waals surface area contributed by atoms with Crippen LogP contribution >= 0.6 is 0 Å². The standard InChI is InChI=1S/C21H23N7O2/c1-29-17-5-2-6-18(30-13-14-4-3-7-23-10-14)21(17)16-8-19(28-27-16)26-20-12-24-15(9-22)11-25-20/h2,5-6,8,11-12,14,23H,3-4,7,10,13H2,1H3,(H2,25,26,27,28)/t14-/m0/s1. The Morgan fingerprint density at radius 1 is 1.23 bits per heavy atom. The van der Waals surface area contributed by atoms with Gasteiger partial charge in [0.05, 0.1) is 37.4 Å². The molecule has 1 saturated heterocycles. The lowest BCUT2D eigenvalue weighted by atomic mass is 10.0. The molecule has 0 spiro atoms. The van der Waals surface area contributed by atoms with Crippen LogP contribution in [0.3, 0.4) is 0 Å². The molecule has 3 aromatic rings. The van der Waals surface area contributed by atoms with E-state index in [4.69, 9.17) is 14.7 Å². The summed E-state index contributed by atoms with van der Waals surface area (Å²) in [6, 6.07) is 9.54. The van der Waals surface area contributed by atoms with Crippen LogP contribution in [0.15, 0.2) is 36.7 Å². The van der Waals surface area contributed by atoms with Crippen molar-refractivity contribution >= 4 is 11.6 Å². The molecule has 1 aromatic carbocycles. The maximum absolute atomic E-state index is 8.83. The molecule has 2 aromatic heterocycles. The Bertz CT molecular complexity index is 1020.